The molecule has 98 valence electrons. The molecule has 19 heavy (non-hydrogen) atoms. The summed E-state index contributed by atoms with van der Waals surface area (Å²) < 4.78 is 5.61. The third-order valence-corrected chi connectivity index (χ3v) is 2.96. The molecule has 1 heterocycles. The molecule has 0 aromatic heterocycles. The van der Waals surface area contributed by atoms with Crippen LogP contribution in [0.3, 0.4) is 0 Å². The van der Waals surface area contributed by atoms with Crippen LogP contribution in [0.4, 0.5) is 5.69 Å². The van der Waals surface area contributed by atoms with Crippen molar-refractivity contribution in [2.75, 3.05) is 12.0 Å². The van der Waals surface area contributed by atoms with Gasteiger partial charge >= 0.3 is 0 Å². The van der Waals surface area contributed by atoms with Gasteiger partial charge < -0.3 is 10.5 Å². The molecule has 0 amide bonds. The van der Waals surface area contributed by atoms with Crippen molar-refractivity contribution in [3.8, 4) is 11.8 Å². The molecule has 0 unspecified atom stereocenters. The summed E-state index contributed by atoms with van der Waals surface area (Å²) in [6, 6.07) is 7.39. The molecule has 0 radical (unpaired) electrons. The molecular formula is C13H15N5O. The summed E-state index contributed by atoms with van der Waals surface area (Å²) >= 11 is 0. The topological polar surface area (TPSA) is 107 Å². The Morgan fingerprint density at radius 3 is 2.95 bits per heavy atom. The average molecular weight is 257 g/mol. The molecule has 0 saturated carbocycles. The minimum Gasteiger partial charge on any atom is -0.492 e. The van der Waals surface area contributed by atoms with Gasteiger partial charge in [-0.05, 0) is 6.07 Å². The third-order valence-electron chi connectivity index (χ3n) is 2.96. The Morgan fingerprint density at radius 1 is 1.58 bits per heavy atom. The number of anilines is 1. The predicted octanol–water partition coefficient (Wildman–Crippen LogP) is 1.58. The number of hydrogen-bond acceptors (Lipinski definition) is 5. The quantitative estimate of drug-likeness (QED) is 0.434. The highest BCUT2D eigenvalue weighted by Gasteiger charge is 2.31. The molecule has 0 fully saturated rings. The van der Waals surface area contributed by atoms with Crippen LogP contribution in [0.1, 0.15) is 19.4 Å². The second-order valence-electron chi connectivity index (χ2n) is 4.98. The van der Waals surface area contributed by atoms with E-state index in [2.05, 4.69) is 24.4 Å². The maximum Gasteiger partial charge on any atom is 0.201 e. The Bertz CT molecular complexity index is 598. The summed E-state index contributed by atoms with van der Waals surface area (Å²) in [6.45, 7) is 4.88. The van der Waals surface area contributed by atoms with Gasteiger partial charge in [0.15, 0.2) is 5.84 Å². The number of amidine groups is 1. The van der Waals surface area contributed by atoms with Crippen molar-refractivity contribution in [1.82, 2.24) is 0 Å². The zero-order valence-corrected chi connectivity index (χ0v) is 10.8. The van der Waals surface area contributed by atoms with E-state index in [1.54, 1.807) is 6.07 Å². The number of nitrogens with two attached hydrogens (primary N) is 1. The first-order valence-corrected chi connectivity index (χ1v) is 5.79. The van der Waals surface area contributed by atoms with E-state index in [9.17, 15) is 0 Å². The van der Waals surface area contributed by atoms with E-state index in [0.717, 1.165) is 11.3 Å². The van der Waals surface area contributed by atoms with Crippen molar-refractivity contribution < 1.29 is 4.74 Å². The van der Waals surface area contributed by atoms with E-state index >= 15 is 0 Å². The van der Waals surface area contributed by atoms with Gasteiger partial charge in [0.05, 0.1) is 12.3 Å². The minimum atomic E-state index is -0.367. The van der Waals surface area contributed by atoms with Gasteiger partial charge in [0.1, 0.15) is 11.8 Å². The Hall–Kier alpha value is -2.55. The molecule has 6 nitrogen and oxygen atoms in total. The van der Waals surface area contributed by atoms with Crippen molar-refractivity contribution in [3.63, 3.8) is 0 Å². The smallest absolute Gasteiger partial charge is 0.201 e. The molecule has 1 aliphatic heterocycles. The SMILES string of the molecule is CC1(C)COc2cc(N/N=C(\C#N)C(=N)N)ccc21. The molecule has 0 aliphatic carbocycles. The van der Waals surface area contributed by atoms with Gasteiger partial charge in [-0.25, -0.2) is 0 Å². The molecule has 1 aromatic rings. The second kappa shape index (κ2) is 4.61. The van der Waals surface area contributed by atoms with Crippen molar-refractivity contribution in [3.05, 3.63) is 23.8 Å². The van der Waals surface area contributed by atoms with Gasteiger partial charge in [0.25, 0.3) is 0 Å². The highest BCUT2D eigenvalue weighted by Crippen LogP contribution is 2.39. The molecule has 0 spiro atoms. The monoisotopic (exact) mass is 257 g/mol. The van der Waals surface area contributed by atoms with E-state index in [-0.39, 0.29) is 17.0 Å². The fraction of sp³-hybridized carbons (Fsp3) is 0.308. The fourth-order valence-electron chi connectivity index (χ4n) is 1.87. The van der Waals surface area contributed by atoms with E-state index in [0.29, 0.717) is 12.3 Å². The Balaban J connectivity index is 2.22. The first-order chi connectivity index (χ1) is 8.94. The third kappa shape index (κ3) is 2.50. The van der Waals surface area contributed by atoms with Gasteiger partial charge in [-0.3, -0.25) is 10.8 Å². The summed E-state index contributed by atoms with van der Waals surface area (Å²) in [5.41, 5.74) is 9.59. The summed E-state index contributed by atoms with van der Waals surface area (Å²) in [5, 5.41) is 19.7. The molecule has 0 bridgehead atoms. The summed E-state index contributed by atoms with van der Waals surface area (Å²) in [5.74, 6) is 0.445. The van der Waals surface area contributed by atoms with Crippen LogP contribution in [0, 0.1) is 16.7 Å². The molecule has 1 aromatic carbocycles. The number of fused-ring (bicyclic) bond motifs is 1. The summed E-state index contributed by atoms with van der Waals surface area (Å²) in [7, 11) is 0. The van der Waals surface area contributed by atoms with Gasteiger partial charge in [-0.2, -0.15) is 10.4 Å². The van der Waals surface area contributed by atoms with Gasteiger partial charge in [0.2, 0.25) is 5.71 Å². The molecule has 2 rings (SSSR count). The Morgan fingerprint density at radius 2 is 2.32 bits per heavy atom. The summed E-state index contributed by atoms with van der Waals surface area (Å²) in [6.07, 6.45) is 0. The van der Waals surface area contributed by atoms with Crippen molar-refractivity contribution in [2.24, 2.45) is 10.8 Å². The highest BCUT2D eigenvalue weighted by molar-refractivity contribution is 6.45. The molecular weight excluding hydrogens is 242 g/mol. The minimum absolute atomic E-state index is 0.00826. The normalized spacial score (nSPS) is 16.2. The molecule has 1 aliphatic rings. The van der Waals surface area contributed by atoms with Crippen molar-refractivity contribution >= 4 is 17.2 Å². The Kier molecular flexibility index (Phi) is 3.13. The van der Waals surface area contributed by atoms with Crippen LogP contribution >= 0.6 is 0 Å². The van der Waals surface area contributed by atoms with E-state index < -0.39 is 0 Å². The number of hydrazone groups is 1. The Labute approximate surface area is 111 Å². The fourth-order valence-corrected chi connectivity index (χ4v) is 1.87. The maximum absolute atomic E-state index is 8.73. The van der Waals surface area contributed by atoms with Crippen LogP contribution in [0.5, 0.6) is 5.75 Å². The first-order valence-electron chi connectivity index (χ1n) is 5.79. The van der Waals surface area contributed by atoms with Crippen LogP contribution < -0.4 is 15.9 Å². The lowest BCUT2D eigenvalue weighted by atomic mass is 9.87. The zero-order chi connectivity index (χ0) is 14.0. The number of nitrogens with one attached hydrogen (secondary N) is 2. The first kappa shape index (κ1) is 12.9. The van der Waals surface area contributed by atoms with E-state index in [1.807, 2.05) is 18.2 Å². The van der Waals surface area contributed by atoms with Crippen LogP contribution in [0.25, 0.3) is 0 Å². The second-order valence-corrected chi connectivity index (χ2v) is 4.98. The molecule has 4 N–H and O–H groups in total. The lowest BCUT2D eigenvalue weighted by molar-refractivity contribution is 0.291. The van der Waals surface area contributed by atoms with Crippen LogP contribution in [0.15, 0.2) is 23.3 Å². The van der Waals surface area contributed by atoms with Gasteiger partial charge in [0, 0.05) is 17.0 Å². The zero-order valence-electron chi connectivity index (χ0n) is 10.8. The van der Waals surface area contributed by atoms with Crippen LogP contribution in [0.2, 0.25) is 0 Å². The van der Waals surface area contributed by atoms with E-state index in [1.165, 1.54) is 0 Å². The lowest BCUT2D eigenvalue weighted by Crippen LogP contribution is -2.21. The van der Waals surface area contributed by atoms with Crippen LogP contribution in [-0.4, -0.2) is 18.2 Å². The largest absolute Gasteiger partial charge is 0.492 e. The van der Waals surface area contributed by atoms with Crippen molar-refractivity contribution in [2.45, 2.75) is 19.3 Å². The van der Waals surface area contributed by atoms with Gasteiger partial charge in [-0.1, -0.05) is 19.9 Å². The van der Waals surface area contributed by atoms with Crippen molar-refractivity contribution in [1.29, 1.82) is 10.7 Å². The number of hydrogen-bond donors (Lipinski definition) is 3. The molecule has 0 saturated heterocycles. The maximum atomic E-state index is 8.73. The van der Waals surface area contributed by atoms with Crippen LogP contribution in [-0.2, 0) is 5.41 Å². The molecule has 6 heteroatoms. The standard InChI is InChI=1S/C13H15N5O/c1-13(2)7-19-11-5-8(3-4-9(11)13)17-18-10(6-14)12(15)16/h3-5,17H,7H2,1-2H3,(H3,15,16)/b18-10+. The number of ether oxygens (including phenoxy) is 1. The number of nitriles is 1. The number of benzene rings is 1. The highest BCUT2D eigenvalue weighted by atomic mass is 16.5. The lowest BCUT2D eigenvalue weighted by Gasteiger charge is -2.14. The average Bonchev–Trinajstić information content (AvgIpc) is 2.65. The van der Waals surface area contributed by atoms with E-state index in [4.69, 9.17) is 21.1 Å². The number of nitrogens with zero attached hydrogens (tertiary/aromatic N) is 2. The summed E-state index contributed by atoms with van der Waals surface area (Å²) in [4.78, 5) is 0. The predicted molar refractivity (Wildman–Crippen MR) is 73.5 cm³/mol. The molecule has 0 atom stereocenters. The van der Waals surface area contributed by atoms with Gasteiger partial charge in [-0.15, -0.1) is 0 Å². The number of rotatable bonds is 3.